The Kier molecular flexibility index (Phi) is 4.43. The van der Waals surface area contributed by atoms with Crippen molar-refractivity contribution in [2.45, 2.75) is 25.8 Å². The number of rotatable bonds is 2. The van der Waals surface area contributed by atoms with Crippen LogP contribution >= 0.6 is 15.9 Å². The molecule has 0 aliphatic carbocycles. The fourth-order valence-electron chi connectivity index (χ4n) is 2.54. The lowest BCUT2D eigenvalue weighted by Gasteiger charge is -2.35. The van der Waals surface area contributed by atoms with Gasteiger partial charge in [0.05, 0.1) is 15.7 Å². The molecule has 0 aromatic heterocycles. The minimum absolute atomic E-state index is 0.194. The normalized spacial score (nSPS) is 18.2. The summed E-state index contributed by atoms with van der Waals surface area (Å²) in [6.07, 6.45) is 1.96. The molecule has 1 saturated heterocycles. The number of piperidine rings is 1. The van der Waals surface area contributed by atoms with Gasteiger partial charge in [-0.25, -0.2) is 4.39 Å². The zero-order valence-corrected chi connectivity index (χ0v) is 12.5. The van der Waals surface area contributed by atoms with Crippen molar-refractivity contribution >= 4 is 21.6 Å². The predicted molar refractivity (Wildman–Crippen MR) is 77.4 cm³/mol. The highest BCUT2D eigenvalue weighted by atomic mass is 79.9. The summed E-state index contributed by atoms with van der Waals surface area (Å²) in [7, 11) is 0. The summed E-state index contributed by atoms with van der Waals surface area (Å²) in [6.45, 7) is 3.64. The van der Waals surface area contributed by atoms with Gasteiger partial charge in [-0.3, -0.25) is 0 Å². The van der Waals surface area contributed by atoms with Crippen LogP contribution in [0.25, 0.3) is 0 Å². The summed E-state index contributed by atoms with van der Waals surface area (Å²) in [4.78, 5) is 2.03. The molecular formula is C14H17BrFN3. The van der Waals surface area contributed by atoms with Gasteiger partial charge >= 0.3 is 0 Å². The van der Waals surface area contributed by atoms with Crippen molar-refractivity contribution in [1.29, 1.82) is 5.26 Å². The van der Waals surface area contributed by atoms with E-state index in [4.69, 9.17) is 11.0 Å². The number of hydrogen-bond donors (Lipinski definition) is 1. The molecule has 2 N–H and O–H groups in total. The van der Waals surface area contributed by atoms with Crippen LogP contribution in [0, 0.1) is 23.1 Å². The third-order valence-electron chi connectivity index (χ3n) is 3.81. The summed E-state index contributed by atoms with van der Waals surface area (Å²) in [5, 5.41) is 8.87. The van der Waals surface area contributed by atoms with E-state index in [9.17, 15) is 4.39 Å². The number of hydrogen-bond acceptors (Lipinski definition) is 3. The summed E-state index contributed by atoms with van der Waals surface area (Å²) < 4.78 is 14.5. The van der Waals surface area contributed by atoms with Crippen molar-refractivity contribution < 1.29 is 4.39 Å². The quantitative estimate of drug-likeness (QED) is 0.909. The van der Waals surface area contributed by atoms with Gasteiger partial charge < -0.3 is 10.6 Å². The zero-order valence-electron chi connectivity index (χ0n) is 10.9. The van der Waals surface area contributed by atoms with Gasteiger partial charge in [0.15, 0.2) is 5.82 Å². The molecule has 0 amide bonds. The summed E-state index contributed by atoms with van der Waals surface area (Å²) in [6, 6.07) is 5.50. The molecule has 1 aliphatic heterocycles. The van der Waals surface area contributed by atoms with E-state index in [0.29, 0.717) is 17.2 Å². The standard InChI is InChI=1S/C14H17BrFN3/c1-9(18)10-4-6-19(7-5-10)12-3-2-11(8-17)13(15)14(12)16/h2-3,9-10H,4-7,18H2,1H3. The molecule has 1 atom stereocenters. The lowest BCUT2D eigenvalue weighted by Crippen LogP contribution is -2.40. The van der Waals surface area contributed by atoms with Crippen LogP contribution in [0.3, 0.4) is 0 Å². The molecule has 0 bridgehead atoms. The van der Waals surface area contributed by atoms with Crippen molar-refractivity contribution in [2.75, 3.05) is 18.0 Å². The average Bonchev–Trinajstić information content (AvgIpc) is 2.42. The van der Waals surface area contributed by atoms with Crippen molar-refractivity contribution in [1.82, 2.24) is 0 Å². The third-order valence-corrected chi connectivity index (χ3v) is 4.58. The van der Waals surface area contributed by atoms with Gasteiger partial charge in [0.2, 0.25) is 0 Å². The first-order chi connectivity index (χ1) is 9.04. The Morgan fingerprint density at radius 2 is 2.11 bits per heavy atom. The van der Waals surface area contributed by atoms with Crippen LogP contribution in [0.1, 0.15) is 25.3 Å². The minimum Gasteiger partial charge on any atom is -0.369 e. The lowest BCUT2D eigenvalue weighted by atomic mass is 9.90. The largest absolute Gasteiger partial charge is 0.369 e. The Hall–Kier alpha value is -1.12. The highest BCUT2D eigenvalue weighted by Crippen LogP contribution is 2.32. The van der Waals surface area contributed by atoms with Crippen molar-refractivity contribution in [3.05, 3.63) is 28.0 Å². The first-order valence-corrected chi connectivity index (χ1v) is 7.22. The molecule has 1 unspecified atom stereocenters. The van der Waals surface area contributed by atoms with Crippen LogP contribution in [-0.2, 0) is 0 Å². The molecule has 1 heterocycles. The molecule has 3 nitrogen and oxygen atoms in total. The van der Waals surface area contributed by atoms with Crippen LogP contribution in [0.5, 0.6) is 0 Å². The summed E-state index contributed by atoms with van der Waals surface area (Å²) in [5.41, 5.74) is 6.80. The van der Waals surface area contributed by atoms with Gasteiger partial charge in [-0.05, 0) is 53.7 Å². The van der Waals surface area contributed by atoms with Crippen molar-refractivity contribution in [2.24, 2.45) is 11.7 Å². The molecule has 0 saturated carbocycles. The molecule has 0 spiro atoms. The van der Waals surface area contributed by atoms with Crippen LogP contribution in [0.15, 0.2) is 16.6 Å². The minimum atomic E-state index is -0.349. The maximum absolute atomic E-state index is 14.2. The van der Waals surface area contributed by atoms with Crippen LogP contribution < -0.4 is 10.6 Å². The van der Waals surface area contributed by atoms with Crippen LogP contribution in [0.4, 0.5) is 10.1 Å². The van der Waals surface area contributed by atoms with E-state index >= 15 is 0 Å². The Balaban J connectivity index is 2.17. The molecule has 0 radical (unpaired) electrons. The van der Waals surface area contributed by atoms with Gasteiger partial charge in [-0.15, -0.1) is 0 Å². The van der Waals surface area contributed by atoms with E-state index in [2.05, 4.69) is 15.9 Å². The van der Waals surface area contributed by atoms with Gasteiger partial charge in [-0.2, -0.15) is 5.26 Å². The highest BCUT2D eigenvalue weighted by Gasteiger charge is 2.24. The first-order valence-electron chi connectivity index (χ1n) is 6.43. The Morgan fingerprint density at radius 3 is 2.63 bits per heavy atom. The number of benzene rings is 1. The summed E-state index contributed by atoms with van der Waals surface area (Å²) in [5.74, 6) is 0.166. The molecule has 1 aromatic carbocycles. The number of anilines is 1. The topological polar surface area (TPSA) is 53.0 Å². The monoisotopic (exact) mass is 325 g/mol. The fraction of sp³-hybridized carbons (Fsp3) is 0.500. The van der Waals surface area contributed by atoms with E-state index in [1.807, 2.05) is 17.9 Å². The smallest absolute Gasteiger partial charge is 0.161 e. The van der Waals surface area contributed by atoms with E-state index in [-0.39, 0.29) is 16.3 Å². The Bertz CT molecular complexity index is 502. The second-order valence-electron chi connectivity index (χ2n) is 5.06. The Labute approximate surface area is 121 Å². The number of nitrogens with two attached hydrogens (primary N) is 1. The maximum atomic E-state index is 14.2. The maximum Gasteiger partial charge on any atom is 0.161 e. The van der Waals surface area contributed by atoms with E-state index in [1.165, 1.54) is 0 Å². The molecule has 19 heavy (non-hydrogen) atoms. The molecule has 1 aliphatic rings. The van der Waals surface area contributed by atoms with Gasteiger partial charge in [-0.1, -0.05) is 0 Å². The van der Waals surface area contributed by atoms with Gasteiger partial charge in [0.25, 0.3) is 0 Å². The second-order valence-corrected chi connectivity index (χ2v) is 5.85. The molecule has 102 valence electrons. The van der Waals surface area contributed by atoms with Gasteiger partial charge in [0.1, 0.15) is 6.07 Å². The van der Waals surface area contributed by atoms with Crippen molar-refractivity contribution in [3.63, 3.8) is 0 Å². The fourth-order valence-corrected chi connectivity index (χ4v) is 2.96. The van der Waals surface area contributed by atoms with E-state index in [1.54, 1.807) is 12.1 Å². The number of halogens is 2. The lowest BCUT2D eigenvalue weighted by molar-refractivity contribution is 0.353. The van der Waals surface area contributed by atoms with Crippen LogP contribution in [0.2, 0.25) is 0 Å². The first kappa shape index (κ1) is 14.3. The number of nitriles is 1. The van der Waals surface area contributed by atoms with Crippen molar-refractivity contribution in [3.8, 4) is 6.07 Å². The highest BCUT2D eigenvalue weighted by molar-refractivity contribution is 9.10. The van der Waals surface area contributed by atoms with E-state index in [0.717, 1.165) is 25.9 Å². The second kappa shape index (κ2) is 5.89. The summed E-state index contributed by atoms with van der Waals surface area (Å²) >= 11 is 3.15. The molecule has 2 rings (SSSR count). The Morgan fingerprint density at radius 1 is 1.47 bits per heavy atom. The molecular weight excluding hydrogens is 309 g/mol. The van der Waals surface area contributed by atoms with E-state index < -0.39 is 0 Å². The molecule has 5 heteroatoms. The average molecular weight is 326 g/mol. The predicted octanol–water partition coefficient (Wildman–Crippen LogP) is 3.02. The SMILES string of the molecule is CC(N)C1CCN(c2ccc(C#N)c(Br)c2F)CC1. The van der Waals surface area contributed by atoms with Crippen LogP contribution in [-0.4, -0.2) is 19.1 Å². The molecule has 1 aromatic rings. The molecule has 1 fully saturated rings. The van der Waals surface area contributed by atoms with Gasteiger partial charge in [0, 0.05) is 19.1 Å². The third kappa shape index (κ3) is 2.90. The number of nitrogens with zero attached hydrogens (tertiary/aromatic N) is 2. The zero-order chi connectivity index (χ0) is 14.0.